The van der Waals surface area contributed by atoms with Crippen LogP contribution in [0.15, 0.2) is 42.7 Å². The highest BCUT2D eigenvalue weighted by atomic mass is 15.1. The lowest BCUT2D eigenvalue weighted by molar-refractivity contribution is 0.323. The van der Waals surface area contributed by atoms with Crippen LogP contribution in [0.4, 0.5) is 0 Å². The van der Waals surface area contributed by atoms with Crippen LogP contribution < -0.4 is 5.32 Å². The van der Waals surface area contributed by atoms with Gasteiger partial charge in [0.2, 0.25) is 0 Å². The Balaban J connectivity index is 1.68. The molecule has 0 bridgehead atoms. The third-order valence-electron chi connectivity index (χ3n) is 4.44. The zero-order chi connectivity index (χ0) is 13.8. The van der Waals surface area contributed by atoms with Crippen LogP contribution in [0.1, 0.15) is 43.0 Å². The molecule has 2 atom stereocenters. The standard InChI is InChI=1S/C17H23N3/c1-20-12-11-18-17(20)13-19-16-10-6-5-9-15(16)14-7-3-2-4-8-14/h2-4,7-8,11-12,15-16,19H,5-6,9-10,13H2,1H3. The summed E-state index contributed by atoms with van der Waals surface area (Å²) < 4.78 is 2.09. The molecule has 1 N–H and O–H groups in total. The summed E-state index contributed by atoms with van der Waals surface area (Å²) in [6.45, 7) is 0.859. The second-order valence-corrected chi connectivity index (χ2v) is 5.74. The van der Waals surface area contributed by atoms with E-state index in [0.717, 1.165) is 12.4 Å². The number of hydrogen-bond donors (Lipinski definition) is 1. The lowest BCUT2D eigenvalue weighted by atomic mass is 9.80. The van der Waals surface area contributed by atoms with Gasteiger partial charge in [-0.25, -0.2) is 4.98 Å². The van der Waals surface area contributed by atoms with E-state index in [9.17, 15) is 0 Å². The SMILES string of the molecule is Cn1ccnc1CNC1CCCCC1c1ccccc1. The van der Waals surface area contributed by atoms with Crippen molar-refractivity contribution in [3.05, 3.63) is 54.1 Å². The molecular formula is C17H23N3. The second kappa shape index (κ2) is 6.23. The number of aromatic nitrogens is 2. The molecule has 0 spiro atoms. The molecule has 1 saturated carbocycles. The van der Waals surface area contributed by atoms with Crippen LogP contribution in [0.25, 0.3) is 0 Å². The molecule has 20 heavy (non-hydrogen) atoms. The minimum absolute atomic E-state index is 0.572. The Morgan fingerprint density at radius 1 is 1.20 bits per heavy atom. The Hall–Kier alpha value is -1.61. The fourth-order valence-electron chi connectivity index (χ4n) is 3.26. The molecule has 3 nitrogen and oxygen atoms in total. The Bertz CT molecular complexity index is 532. The third-order valence-corrected chi connectivity index (χ3v) is 4.44. The maximum absolute atomic E-state index is 4.40. The highest BCUT2D eigenvalue weighted by molar-refractivity contribution is 5.22. The number of rotatable bonds is 4. The first kappa shape index (κ1) is 13.4. The lowest BCUT2D eigenvalue weighted by Crippen LogP contribution is -2.37. The molecular weight excluding hydrogens is 246 g/mol. The largest absolute Gasteiger partial charge is 0.337 e. The summed E-state index contributed by atoms with van der Waals surface area (Å²) in [6, 6.07) is 11.5. The highest BCUT2D eigenvalue weighted by Gasteiger charge is 2.26. The number of nitrogens with zero attached hydrogens (tertiary/aromatic N) is 2. The number of imidazole rings is 1. The molecule has 106 valence electrons. The van der Waals surface area contributed by atoms with Crippen molar-refractivity contribution < 1.29 is 0 Å². The van der Waals surface area contributed by atoms with E-state index in [-0.39, 0.29) is 0 Å². The summed E-state index contributed by atoms with van der Waals surface area (Å²) in [5, 5.41) is 3.73. The van der Waals surface area contributed by atoms with Crippen molar-refractivity contribution in [3.63, 3.8) is 0 Å². The van der Waals surface area contributed by atoms with Crippen molar-refractivity contribution in [3.8, 4) is 0 Å². The Morgan fingerprint density at radius 2 is 2.00 bits per heavy atom. The molecule has 0 aliphatic heterocycles. The molecule has 2 aromatic rings. The Labute approximate surface area is 121 Å². The maximum atomic E-state index is 4.40. The van der Waals surface area contributed by atoms with E-state index in [1.807, 2.05) is 12.4 Å². The molecule has 2 unspecified atom stereocenters. The summed E-state index contributed by atoms with van der Waals surface area (Å²) in [4.78, 5) is 4.40. The first-order valence-electron chi connectivity index (χ1n) is 7.59. The summed E-state index contributed by atoms with van der Waals surface area (Å²) in [6.07, 6.45) is 9.12. The van der Waals surface area contributed by atoms with Crippen LogP contribution in [0, 0.1) is 0 Å². The topological polar surface area (TPSA) is 29.9 Å². The van der Waals surface area contributed by atoms with E-state index >= 15 is 0 Å². The molecule has 0 saturated heterocycles. The number of nitrogens with one attached hydrogen (secondary N) is 1. The van der Waals surface area contributed by atoms with Gasteiger partial charge in [0.05, 0.1) is 6.54 Å². The summed E-state index contributed by atoms with van der Waals surface area (Å²) in [7, 11) is 2.06. The Morgan fingerprint density at radius 3 is 2.75 bits per heavy atom. The zero-order valence-electron chi connectivity index (χ0n) is 12.1. The molecule has 0 amide bonds. The monoisotopic (exact) mass is 269 g/mol. The van der Waals surface area contributed by atoms with Crippen molar-refractivity contribution in [1.29, 1.82) is 0 Å². The van der Waals surface area contributed by atoms with E-state index in [4.69, 9.17) is 0 Å². The summed E-state index contributed by atoms with van der Waals surface area (Å²) in [5.41, 5.74) is 1.48. The average Bonchev–Trinajstić information content (AvgIpc) is 2.92. The highest BCUT2D eigenvalue weighted by Crippen LogP contribution is 2.33. The van der Waals surface area contributed by atoms with Crippen molar-refractivity contribution >= 4 is 0 Å². The number of aryl methyl sites for hydroxylation is 1. The molecule has 1 fully saturated rings. The van der Waals surface area contributed by atoms with Gasteiger partial charge in [-0.2, -0.15) is 0 Å². The molecule has 1 aromatic heterocycles. The van der Waals surface area contributed by atoms with Gasteiger partial charge in [-0.05, 0) is 24.3 Å². The van der Waals surface area contributed by atoms with Gasteiger partial charge < -0.3 is 9.88 Å². The van der Waals surface area contributed by atoms with Crippen molar-refractivity contribution in [1.82, 2.24) is 14.9 Å². The van der Waals surface area contributed by atoms with Gasteiger partial charge in [-0.3, -0.25) is 0 Å². The average molecular weight is 269 g/mol. The van der Waals surface area contributed by atoms with Crippen LogP contribution in [0.3, 0.4) is 0 Å². The van der Waals surface area contributed by atoms with E-state index in [2.05, 4.69) is 52.2 Å². The van der Waals surface area contributed by atoms with E-state index in [1.165, 1.54) is 31.2 Å². The fraction of sp³-hybridized carbons (Fsp3) is 0.471. The van der Waals surface area contributed by atoms with E-state index in [1.54, 1.807) is 0 Å². The van der Waals surface area contributed by atoms with Crippen molar-refractivity contribution in [2.75, 3.05) is 0 Å². The minimum Gasteiger partial charge on any atom is -0.337 e. The maximum Gasteiger partial charge on any atom is 0.122 e. The minimum atomic E-state index is 0.572. The number of hydrogen-bond acceptors (Lipinski definition) is 2. The molecule has 3 heteroatoms. The molecule has 1 heterocycles. The van der Waals surface area contributed by atoms with Crippen LogP contribution in [0.2, 0.25) is 0 Å². The van der Waals surface area contributed by atoms with Gasteiger partial charge in [0.25, 0.3) is 0 Å². The second-order valence-electron chi connectivity index (χ2n) is 5.74. The van der Waals surface area contributed by atoms with Crippen molar-refractivity contribution in [2.24, 2.45) is 7.05 Å². The predicted molar refractivity (Wildman–Crippen MR) is 81.5 cm³/mol. The van der Waals surface area contributed by atoms with Crippen LogP contribution in [-0.2, 0) is 13.6 Å². The fourth-order valence-corrected chi connectivity index (χ4v) is 3.26. The molecule has 0 radical (unpaired) electrons. The molecule has 3 rings (SSSR count). The van der Waals surface area contributed by atoms with Crippen LogP contribution in [-0.4, -0.2) is 15.6 Å². The van der Waals surface area contributed by atoms with Gasteiger partial charge >= 0.3 is 0 Å². The van der Waals surface area contributed by atoms with E-state index in [0.29, 0.717) is 12.0 Å². The number of benzene rings is 1. The van der Waals surface area contributed by atoms with E-state index < -0.39 is 0 Å². The third kappa shape index (κ3) is 2.93. The van der Waals surface area contributed by atoms with Crippen molar-refractivity contribution in [2.45, 2.75) is 44.2 Å². The van der Waals surface area contributed by atoms with Crippen LogP contribution in [0.5, 0.6) is 0 Å². The lowest BCUT2D eigenvalue weighted by Gasteiger charge is -2.32. The Kier molecular flexibility index (Phi) is 4.16. The quantitative estimate of drug-likeness (QED) is 0.923. The van der Waals surface area contributed by atoms with Crippen LogP contribution >= 0.6 is 0 Å². The summed E-state index contributed by atoms with van der Waals surface area (Å²) in [5.74, 6) is 1.76. The smallest absolute Gasteiger partial charge is 0.122 e. The van der Waals surface area contributed by atoms with Gasteiger partial charge in [0.15, 0.2) is 0 Å². The van der Waals surface area contributed by atoms with Gasteiger partial charge in [0, 0.05) is 25.5 Å². The van der Waals surface area contributed by atoms with Gasteiger partial charge in [0.1, 0.15) is 5.82 Å². The van der Waals surface area contributed by atoms with Gasteiger partial charge in [-0.1, -0.05) is 43.2 Å². The first-order chi connectivity index (χ1) is 9.84. The normalized spacial score (nSPS) is 22.9. The molecule has 1 aliphatic carbocycles. The summed E-state index contributed by atoms with van der Waals surface area (Å²) >= 11 is 0. The molecule has 1 aromatic carbocycles. The molecule has 1 aliphatic rings. The predicted octanol–water partition coefficient (Wildman–Crippen LogP) is 3.24. The zero-order valence-corrected chi connectivity index (χ0v) is 12.1. The first-order valence-corrected chi connectivity index (χ1v) is 7.59. The van der Waals surface area contributed by atoms with Gasteiger partial charge in [-0.15, -0.1) is 0 Å².